The average Bonchev–Trinajstić information content (AvgIpc) is 3.41. The lowest BCUT2D eigenvalue weighted by atomic mass is 10.2. The van der Waals surface area contributed by atoms with Gasteiger partial charge in [0.15, 0.2) is 0 Å². The predicted octanol–water partition coefficient (Wildman–Crippen LogP) is 2.99. The first-order chi connectivity index (χ1) is 17.0. The molecule has 1 saturated heterocycles. The van der Waals surface area contributed by atoms with E-state index < -0.39 is 10.0 Å². The number of rotatable bonds is 10. The minimum absolute atomic E-state index is 0.0537. The molecule has 184 valence electrons. The summed E-state index contributed by atoms with van der Waals surface area (Å²) in [7, 11) is -3.65. The van der Waals surface area contributed by atoms with E-state index in [0.717, 1.165) is 30.9 Å². The number of carbonyl (C=O) groups is 1. The van der Waals surface area contributed by atoms with Crippen LogP contribution in [0, 0.1) is 0 Å². The van der Waals surface area contributed by atoms with Crippen molar-refractivity contribution in [3.8, 4) is 5.75 Å². The van der Waals surface area contributed by atoms with Gasteiger partial charge in [0.1, 0.15) is 18.1 Å². The first-order valence-corrected chi connectivity index (χ1v) is 13.0. The number of ether oxygens (including phenoxy) is 1. The molecule has 0 unspecified atom stereocenters. The van der Waals surface area contributed by atoms with Gasteiger partial charge in [0.05, 0.1) is 17.7 Å². The second kappa shape index (κ2) is 11.8. The van der Waals surface area contributed by atoms with Crippen LogP contribution in [0.25, 0.3) is 6.08 Å². The van der Waals surface area contributed by atoms with Crippen LogP contribution in [-0.4, -0.2) is 63.5 Å². The van der Waals surface area contributed by atoms with Crippen molar-refractivity contribution in [1.82, 2.24) is 14.5 Å². The fourth-order valence-corrected chi connectivity index (χ4v) is 4.69. The highest BCUT2D eigenvalue weighted by molar-refractivity contribution is 7.89. The molecule has 1 aliphatic heterocycles. The molecule has 35 heavy (non-hydrogen) atoms. The van der Waals surface area contributed by atoms with Crippen LogP contribution >= 0.6 is 0 Å². The summed E-state index contributed by atoms with van der Waals surface area (Å²) in [5, 5.41) is 0. The minimum Gasteiger partial charge on any atom is -0.492 e. The zero-order chi connectivity index (χ0) is 24.5. The zero-order valence-corrected chi connectivity index (χ0v) is 20.2. The van der Waals surface area contributed by atoms with Gasteiger partial charge in [-0.1, -0.05) is 30.3 Å². The molecule has 1 aromatic heterocycles. The summed E-state index contributed by atoms with van der Waals surface area (Å²) in [5.41, 5.74) is 0.750. The van der Waals surface area contributed by atoms with E-state index in [1.165, 1.54) is 24.5 Å². The third-order valence-electron chi connectivity index (χ3n) is 5.73. The highest BCUT2D eigenvalue weighted by Crippen LogP contribution is 2.13. The summed E-state index contributed by atoms with van der Waals surface area (Å²) >= 11 is 0. The Morgan fingerprint density at radius 2 is 1.71 bits per heavy atom. The van der Waals surface area contributed by atoms with Crippen molar-refractivity contribution in [2.24, 2.45) is 0 Å². The van der Waals surface area contributed by atoms with Gasteiger partial charge >= 0.3 is 0 Å². The van der Waals surface area contributed by atoms with Crippen molar-refractivity contribution in [2.45, 2.75) is 11.4 Å². The average molecular weight is 496 g/mol. The van der Waals surface area contributed by atoms with Crippen LogP contribution < -0.4 is 9.46 Å². The van der Waals surface area contributed by atoms with Gasteiger partial charge in [-0.15, -0.1) is 0 Å². The molecule has 0 saturated carbocycles. The topological polar surface area (TPSA) is 92.1 Å². The Labute approximate surface area is 205 Å². The van der Waals surface area contributed by atoms with Crippen LogP contribution in [0.1, 0.15) is 11.3 Å². The third-order valence-corrected chi connectivity index (χ3v) is 7.15. The lowest BCUT2D eigenvalue weighted by Crippen LogP contribution is -2.49. The van der Waals surface area contributed by atoms with Crippen molar-refractivity contribution in [1.29, 1.82) is 0 Å². The summed E-state index contributed by atoms with van der Waals surface area (Å²) in [6.45, 7) is 4.43. The molecule has 8 nitrogen and oxygen atoms in total. The molecule has 1 aliphatic rings. The number of hydrogen-bond donors (Lipinski definition) is 1. The smallest absolute Gasteiger partial charge is 0.246 e. The number of carbonyl (C=O) groups excluding carboxylic acids is 1. The maximum atomic E-state index is 12.6. The Balaban J connectivity index is 1.20. The molecule has 0 bridgehead atoms. The molecule has 1 amide bonds. The summed E-state index contributed by atoms with van der Waals surface area (Å²) in [6, 6.07) is 19.5. The van der Waals surface area contributed by atoms with Crippen LogP contribution in [0.4, 0.5) is 0 Å². The molecule has 4 rings (SSSR count). The first kappa shape index (κ1) is 24.7. The molecule has 9 heteroatoms. The van der Waals surface area contributed by atoms with Gasteiger partial charge in [0.25, 0.3) is 0 Å². The van der Waals surface area contributed by atoms with E-state index in [1.54, 1.807) is 30.3 Å². The van der Waals surface area contributed by atoms with Crippen LogP contribution in [0.15, 0.2) is 88.4 Å². The molecule has 0 atom stereocenters. The van der Waals surface area contributed by atoms with E-state index in [4.69, 9.17) is 9.15 Å². The van der Waals surface area contributed by atoms with E-state index in [9.17, 15) is 13.2 Å². The lowest BCUT2D eigenvalue weighted by molar-refractivity contribution is -0.127. The monoisotopic (exact) mass is 495 g/mol. The van der Waals surface area contributed by atoms with Crippen LogP contribution in [0.3, 0.4) is 0 Å². The van der Waals surface area contributed by atoms with E-state index in [0.29, 0.717) is 25.5 Å². The third kappa shape index (κ3) is 7.29. The predicted molar refractivity (Wildman–Crippen MR) is 133 cm³/mol. The molecule has 3 aromatic rings. The molecular weight excluding hydrogens is 466 g/mol. The molecule has 0 aliphatic carbocycles. The fourth-order valence-electron chi connectivity index (χ4n) is 3.69. The number of amides is 1. The van der Waals surface area contributed by atoms with Gasteiger partial charge in [-0.3, -0.25) is 9.69 Å². The SMILES string of the molecule is O=C(/C=C/c1ccc(S(=O)(=O)NCc2ccco2)cc1)N1CCN(CCOc2ccccc2)CC1. The number of sulfonamides is 1. The normalized spacial score (nSPS) is 14.9. The standard InChI is InChI=1S/C26H29N3O5S/c30-26(29-16-14-28(15-17-29)18-20-34-23-5-2-1-3-6-23)13-10-22-8-11-25(12-9-22)35(31,32)27-21-24-7-4-19-33-24/h1-13,19,27H,14-18,20-21H2/b13-10+. The van der Waals surface area contributed by atoms with Gasteiger partial charge in [0, 0.05) is 38.8 Å². The maximum absolute atomic E-state index is 12.6. The second-order valence-corrected chi connectivity index (χ2v) is 9.90. The van der Waals surface area contributed by atoms with E-state index in [2.05, 4.69) is 9.62 Å². The van der Waals surface area contributed by atoms with Crippen LogP contribution in [0.5, 0.6) is 5.75 Å². The van der Waals surface area contributed by atoms with Gasteiger partial charge in [0.2, 0.25) is 15.9 Å². The highest BCUT2D eigenvalue weighted by atomic mass is 32.2. The van der Waals surface area contributed by atoms with Crippen molar-refractivity contribution in [3.05, 3.63) is 90.4 Å². The minimum atomic E-state index is -3.65. The number of nitrogens with one attached hydrogen (secondary N) is 1. The maximum Gasteiger partial charge on any atom is 0.246 e. The van der Waals surface area contributed by atoms with Crippen molar-refractivity contribution >= 4 is 22.0 Å². The Morgan fingerprint density at radius 3 is 2.40 bits per heavy atom. The zero-order valence-electron chi connectivity index (χ0n) is 19.4. The van der Waals surface area contributed by atoms with Gasteiger partial charge in [-0.05, 0) is 48.0 Å². The number of para-hydroxylation sites is 1. The van der Waals surface area contributed by atoms with Crippen molar-refractivity contribution in [3.63, 3.8) is 0 Å². The second-order valence-electron chi connectivity index (χ2n) is 8.13. The van der Waals surface area contributed by atoms with Crippen LogP contribution in [0.2, 0.25) is 0 Å². The molecule has 1 N–H and O–H groups in total. The quantitative estimate of drug-likeness (QED) is 0.435. The van der Waals surface area contributed by atoms with E-state index in [1.807, 2.05) is 35.2 Å². The summed E-state index contributed by atoms with van der Waals surface area (Å²) < 4.78 is 38.3. The molecule has 0 radical (unpaired) electrons. The number of hydrogen-bond acceptors (Lipinski definition) is 6. The molecule has 1 fully saturated rings. The first-order valence-electron chi connectivity index (χ1n) is 11.5. The summed E-state index contributed by atoms with van der Waals surface area (Å²) in [5.74, 6) is 1.34. The number of benzene rings is 2. The fraction of sp³-hybridized carbons (Fsp3) is 0.269. The largest absolute Gasteiger partial charge is 0.492 e. The number of nitrogens with zero attached hydrogens (tertiary/aromatic N) is 2. The lowest BCUT2D eigenvalue weighted by Gasteiger charge is -2.34. The molecular formula is C26H29N3O5S. The summed E-state index contributed by atoms with van der Waals surface area (Å²) in [4.78, 5) is 16.8. The van der Waals surface area contributed by atoms with E-state index >= 15 is 0 Å². The van der Waals surface area contributed by atoms with Crippen molar-refractivity contribution in [2.75, 3.05) is 39.3 Å². The Hall–Kier alpha value is -3.40. The Morgan fingerprint density at radius 1 is 0.971 bits per heavy atom. The molecule has 2 heterocycles. The Kier molecular flexibility index (Phi) is 8.36. The van der Waals surface area contributed by atoms with Gasteiger partial charge in [-0.25, -0.2) is 13.1 Å². The Bertz CT molecular complexity index is 1200. The summed E-state index contributed by atoms with van der Waals surface area (Å²) in [6.07, 6.45) is 4.73. The van der Waals surface area contributed by atoms with E-state index in [-0.39, 0.29) is 17.3 Å². The highest BCUT2D eigenvalue weighted by Gasteiger charge is 2.19. The van der Waals surface area contributed by atoms with Gasteiger partial charge < -0.3 is 14.1 Å². The molecule has 2 aromatic carbocycles. The van der Waals surface area contributed by atoms with Crippen LogP contribution in [-0.2, 0) is 21.4 Å². The number of piperazine rings is 1. The van der Waals surface area contributed by atoms with Gasteiger partial charge in [-0.2, -0.15) is 0 Å². The molecule has 0 spiro atoms. The number of furan rings is 1. The van der Waals surface area contributed by atoms with Crippen molar-refractivity contribution < 1.29 is 22.4 Å².